The van der Waals surface area contributed by atoms with Gasteiger partial charge in [-0.25, -0.2) is 4.79 Å². The Kier molecular flexibility index (Phi) is 6.86. The van der Waals surface area contributed by atoms with Crippen LogP contribution in [-0.4, -0.2) is 44.0 Å². The first-order valence-electron chi connectivity index (χ1n) is 11.0. The zero-order valence-corrected chi connectivity index (χ0v) is 20.7. The van der Waals surface area contributed by atoms with Gasteiger partial charge in [-0.2, -0.15) is 0 Å². The Labute approximate surface area is 207 Å². The Morgan fingerprint density at radius 1 is 1.11 bits per heavy atom. The van der Waals surface area contributed by atoms with Gasteiger partial charge in [0.2, 0.25) is 11.6 Å². The second kappa shape index (κ2) is 10.0. The van der Waals surface area contributed by atoms with Crippen molar-refractivity contribution in [2.45, 2.75) is 19.4 Å². The Bertz CT molecular complexity index is 1370. The summed E-state index contributed by atoms with van der Waals surface area (Å²) in [5, 5.41) is 0. The highest BCUT2D eigenvalue weighted by molar-refractivity contribution is 5.92. The van der Waals surface area contributed by atoms with Gasteiger partial charge in [-0.05, 0) is 36.2 Å². The monoisotopic (exact) mass is 493 g/mol. The van der Waals surface area contributed by atoms with Crippen LogP contribution < -0.4 is 30.2 Å². The van der Waals surface area contributed by atoms with E-state index in [-0.39, 0.29) is 34.9 Å². The molecule has 3 aromatic rings. The van der Waals surface area contributed by atoms with Gasteiger partial charge in [0, 0.05) is 24.2 Å². The highest BCUT2D eigenvalue weighted by Gasteiger charge is 2.39. The third-order valence-corrected chi connectivity index (χ3v) is 6.06. The third-order valence-electron chi connectivity index (χ3n) is 6.06. The number of methoxy groups -OCH3 is 4. The number of nitrogens with zero attached hydrogens (tertiary/aromatic N) is 2. The molecule has 0 fully saturated rings. The minimum atomic E-state index is -0.928. The number of nitrogens with two attached hydrogens (primary N) is 1. The fourth-order valence-electron chi connectivity index (χ4n) is 4.37. The van der Waals surface area contributed by atoms with E-state index in [0.29, 0.717) is 28.5 Å². The standard InChI is InChI=1S/C26H27N3O7/c1-14-9-17-21(25(30)29(14)13-15-7-6-8-28-12-15)20(22(24(27)36-17)26(31)35-5)16-10-18(32-2)23(34-4)19(11-16)33-3/h6-12,20H,13,27H2,1-5H3/t20-/m0/s1. The van der Waals surface area contributed by atoms with Crippen molar-refractivity contribution >= 4 is 5.97 Å². The van der Waals surface area contributed by atoms with E-state index in [1.165, 1.54) is 28.4 Å². The van der Waals surface area contributed by atoms with E-state index in [2.05, 4.69) is 4.98 Å². The average Bonchev–Trinajstić information content (AvgIpc) is 2.89. The number of pyridine rings is 2. The molecular weight excluding hydrogens is 466 g/mol. The maximum atomic E-state index is 14.0. The largest absolute Gasteiger partial charge is 0.493 e. The smallest absolute Gasteiger partial charge is 0.340 e. The van der Waals surface area contributed by atoms with Crippen LogP contribution in [0, 0.1) is 6.92 Å². The molecule has 10 nitrogen and oxygen atoms in total. The SMILES string of the molecule is COC(=O)C1=C(N)Oc2cc(C)n(Cc3cccnc3)c(=O)c2[C@@H]1c1cc(OC)c(OC)c(OC)c1. The lowest BCUT2D eigenvalue weighted by Crippen LogP contribution is -2.35. The average molecular weight is 494 g/mol. The molecule has 10 heteroatoms. The van der Waals surface area contributed by atoms with Crippen molar-refractivity contribution in [3.63, 3.8) is 0 Å². The van der Waals surface area contributed by atoms with Crippen molar-refractivity contribution in [3.8, 4) is 23.0 Å². The Morgan fingerprint density at radius 3 is 2.36 bits per heavy atom. The summed E-state index contributed by atoms with van der Waals surface area (Å²) in [5.74, 6) is -0.485. The van der Waals surface area contributed by atoms with E-state index in [1.807, 2.05) is 6.07 Å². The van der Waals surface area contributed by atoms with Gasteiger partial charge in [-0.1, -0.05) is 6.07 Å². The highest BCUT2D eigenvalue weighted by Crippen LogP contribution is 2.46. The van der Waals surface area contributed by atoms with Gasteiger partial charge >= 0.3 is 5.97 Å². The number of ether oxygens (including phenoxy) is 5. The number of fused-ring (bicyclic) bond motifs is 1. The molecule has 0 radical (unpaired) electrons. The predicted octanol–water partition coefficient (Wildman–Crippen LogP) is 2.49. The molecule has 0 bridgehead atoms. The van der Waals surface area contributed by atoms with Crippen molar-refractivity contribution in [1.29, 1.82) is 0 Å². The third kappa shape index (κ3) is 4.21. The Morgan fingerprint density at radius 2 is 1.81 bits per heavy atom. The zero-order chi connectivity index (χ0) is 26.0. The first kappa shape index (κ1) is 24.6. The quantitative estimate of drug-likeness (QED) is 0.494. The lowest BCUT2D eigenvalue weighted by molar-refractivity contribution is -0.136. The molecule has 0 spiro atoms. The molecule has 36 heavy (non-hydrogen) atoms. The van der Waals surface area contributed by atoms with Crippen molar-refractivity contribution < 1.29 is 28.5 Å². The Hall–Kier alpha value is -4.47. The van der Waals surface area contributed by atoms with E-state index in [1.54, 1.807) is 48.1 Å². The molecule has 188 valence electrons. The summed E-state index contributed by atoms with van der Waals surface area (Å²) in [6.07, 6.45) is 3.35. The molecule has 0 saturated heterocycles. The van der Waals surface area contributed by atoms with Crippen molar-refractivity contribution in [1.82, 2.24) is 9.55 Å². The predicted molar refractivity (Wildman–Crippen MR) is 131 cm³/mol. The number of carbonyl (C=O) groups excluding carboxylic acids is 1. The summed E-state index contributed by atoms with van der Waals surface area (Å²) >= 11 is 0. The van der Waals surface area contributed by atoms with E-state index in [4.69, 9.17) is 29.4 Å². The molecule has 0 unspecified atom stereocenters. The number of hydrogen-bond acceptors (Lipinski definition) is 9. The molecule has 1 aromatic carbocycles. The molecule has 1 aliphatic heterocycles. The lowest BCUT2D eigenvalue weighted by Gasteiger charge is -2.29. The Balaban J connectivity index is 2.01. The van der Waals surface area contributed by atoms with Crippen molar-refractivity contribution in [2.75, 3.05) is 28.4 Å². The summed E-state index contributed by atoms with van der Waals surface area (Å²) in [7, 11) is 5.69. The topological polar surface area (TPSA) is 124 Å². The van der Waals surface area contributed by atoms with Gasteiger partial charge < -0.3 is 34.0 Å². The van der Waals surface area contributed by atoms with Crippen LogP contribution in [0.3, 0.4) is 0 Å². The number of aromatic nitrogens is 2. The fraction of sp³-hybridized carbons (Fsp3) is 0.269. The van der Waals surface area contributed by atoms with E-state index in [0.717, 1.165) is 5.56 Å². The molecule has 1 atom stereocenters. The number of esters is 1. The summed E-state index contributed by atoms with van der Waals surface area (Å²) in [4.78, 5) is 31.0. The first-order chi connectivity index (χ1) is 17.3. The summed E-state index contributed by atoms with van der Waals surface area (Å²) in [6.45, 7) is 2.08. The molecular formula is C26H27N3O7. The number of aryl methyl sites for hydroxylation is 1. The number of hydrogen-bond donors (Lipinski definition) is 1. The van der Waals surface area contributed by atoms with Crippen LogP contribution in [-0.2, 0) is 16.1 Å². The first-order valence-corrected chi connectivity index (χ1v) is 11.0. The summed E-state index contributed by atoms with van der Waals surface area (Å²) in [6, 6.07) is 8.74. The van der Waals surface area contributed by atoms with Gasteiger partial charge in [0.05, 0.1) is 46.5 Å². The van der Waals surface area contributed by atoms with Crippen LogP contribution in [0.2, 0.25) is 0 Å². The van der Waals surface area contributed by atoms with Crippen LogP contribution in [0.15, 0.2) is 59.0 Å². The van der Waals surface area contributed by atoms with Gasteiger partial charge in [-0.15, -0.1) is 0 Å². The molecule has 0 aliphatic carbocycles. The van der Waals surface area contributed by atoms with Crippen LogP contribution in [0.25, 0.3) is 0 Å². The van der Waals surface area contributed by atoms with Gasteiger partial charge in [-0.3, -0.25) is 9.78 Å². The van der Waals surface area contributed by atoms with Crippen LogP contribution in [0.5, 0.6) is 23.0 Å². The van der Waals surface area contributed by atoms with Crippen LogP contribution >= 0.6 is 0 Å². The molecule has 2 N–H and O–H groups in total. The minimum Gasteiger partial charge on any atom is -0.493 e. The second-order valence-corrected chi connectivity index (χ2v) is 8.08. The molecule has 1 aliphatic rings. The maximum absolute atomic E-state index is 14.0. The maximum Gasteiger partial charge on any atom is 0.340 e. The number of benzene rings is 1. The van der Waals surface area contributed by atoms with Crippen molar-refractivity contribution in [3.05, 3.63) is 86.9 Å². The van der Waals surface area contributed by atoms with Crippen LogP contribution in [0.1, 0.15) is 28.3 Å². The molecule has 0 saturated carbocycles. The normalized spacial score (nSPS) is 14.5. The van der Waals surface area contributed by atoms with Gasteiger partial charge in [0.15, 0.2) is 11.5 Å². The van der Waals surface area contributed by atoms with Gasteiger partial charge in [0.1, 0.15) is 11.3 Å². The fourth-order valence-corrected chi connectivity index (χ4v) is 4.37. The van der Waals surface area contributed by atoms with E-state index in [9.17, 15) is 9.59 Å². The lowest BCUT2D eigenvalue weighted by atomic mass is 9.83. The molecule has 4 rings (SSSR count). The zero-order valence-electron chi connectivity index (χ0n) is 20.7. The molecule has 2 aromatic heterocycles. The highest BCUT2D eigenvalue weighted by atomic mass is 16.5. The van der Waals surface area contributed by atoms with Gasteiger partial charge in [0.25, 0.3) is 5.56 Å². The molecule has 3 heterocycles. The van der Waals surface area contributed by atoms with E-state index < -0.39 is 11.9 Å². The van der Waals surface area contributed by atoms with Crippen molar-refractivity contribution in [2.24, 2.45) is 5.73 Å². The summed E-state index contributed by atoms with van der Waals surface area (Å²) in [5.41, 5.74) is 8.09. The van der Waals surface area contributed by atoms with E-state index >= 15 is 0 Å². The number of rotatable bonds is 7. The number of carbonyl (C=O) groups is 1. The minimum absolute atomic E-state index is 0.00634. The van der Waals surface area contributed by atoms with Crippen LogP contribution in [0.4, 0.5) is 0 Å². The second-order valence-electron chi connectivity index (χ2n) is 8.08. The summed E-state index contributed by atoms with van der Waals surface area (Å²) < 4.78 is 28.9. The molecule has 0 amide bonds.